The van der Waals surface area contributed by atoms with Crippen molar-refractivity contribution in [1.82, 2.24) is 0 Å². The second-order valence-corrected chi connectivity index (χ2v) is 24.1. The van der Waals surface area contributed by atoms with E-state index in [9.17, 15) is 19.2 Å². The molecule has 464 valence electrons. The Bertz CT molecular complexity index is 1440. The predicted octanol–water partition coefficient (Wildman–Crippen LogP) is 22.8. The van der Waals surface area contributed by atoms with E-state index in [2.05, 4.69) is 125 Å². The lowest BCUT2D eigenvalue weighted by Crippen LogP contribution is -2.54. The maximum Gasteiger partial charge on any atom is 0.974 e. The third kappa shape index (κ3) is 59.0. The van der Waals surface area contributed by atoms with Crippen LogP contribution in [0.3, 0.4) is 0 Å². The van der Waals surface area contributed by atoms with E-state index >= 15 is 0 Å². The van der Waals surface area contributed by atoms with Crippen molar-refractivity contribution in [3.63, 3.8) is 0 Å². The fourth-order valence-corrected chi connectivity index (χ4v) is 11.0. The third-order valence-electron chi connectivity index (χ3n) is 14.3. The smallest absolute Gasteiger partial charge is 0.423 e. The minimum absolute atomic E-state index is 0.0344. The van der Waals surface area contributed by atoms with Crippen LogP contribution in [0.5, 0.6) is 0 Å². The Balaban J connectivity index is 5.65. The summed E-state index contributed by atoms with van der Waals surface area (Å²) < 4.78 is 23.5. The van der Waals surface area contributed by atoms with E-state index in [1.165, 1.54) is 77.0 Å². The van der Waals surface area contributed by atoms with Gasteiger partial charge in [-0.05, 0) is 154 Å². The lowest BCUT2D eigenvalue weighted by atomic mass is 10.1. The molecule has 0 N–H and O–H groups in total. The van der Waals surface area contributed by atoms with Crippen LogP contribution in [-0.4, -0.2) is 32.9 Å². The van der Waals surface area contributed by atoms with Crippen molar-refractivity contribution in [1.29, 1.82) is 0 Å². The molecular weight excluding hydrogens is 1020 g/mol. The molecule has 0 aliphatic heterocycles. The lowest BCUT2D eigenvalue weighted by Gasteiger charge is -2.25. The summed E-state index contributed by atoms with van der Waals surface area (Å²) in [5.41, 5.74) is 0. The Morgan fingerprint density at radius 3 is 0.568 bits per heavy atom. The van der Waals surface area contributed by atoms with Crippen LogP contribution in [-0.2, 0) is 36.9 Å². The van der Waals surface area contributed by atoms with Crippen LogP contribution < -0.4 is 0 Å². The molecule has 0 aromatic carbocycles. The number of hydrogen-bond acceptors (Lipinski definition) is 8. The first-order valence-electron chi connectivity index (χ1n) is 33.9. The second kappa shape index (κ2) is 63.6. The van der Waals surface area contributed by atoms with Gasteiger partial charge >= 0.3 is 9.05 Å². The summed E-state index contributed by atoms with van der Waals surface area (Å²) in [4.78, 5) is 54.6. The molecule has 0 amide bonds. The monoisotopic (exact) mass is 1140 g/mol. The molecule has 0 fully saturated rings. The van der Waals surface area contributed by atoms with Crippen LogP contribution in [0.2, 0.25) is 0 Å². The summed E-state index contributed by atoms with van der Waals surface area (Å²) in [6.45, 7) is 8.92. The number of allylic oxidation sites excluding steroid dienone is 16. The molecule has 8 nitrogen and oxygen atoms in total. The minimum Gasteiger partial charge on any atom is -0.423 e. The maximum atomic E-state index is 13.7. The zero-order chi connectivity index (χ0) is 58.9. The van der Waals surface area contributed by atoms with Gasteiger partial charge in [0.05, 0.1) is 0 Å². The summed E-state index contributed by atoms with van der Waals surface area (Å²) in [5, 5.41) is 0. The Kier molecular flexibility index (Phi) is 60.5. The van der Waals surface area contributed by atoms with Gasteiger partial charge in [-0.1, -0.05) is 253 Å². The summed E-state index contributed by atoms with van der Waals surface area (Å²) in [5.74, 6) is -2.75. The molecule has 0 saturated carbocycles. The molecule has 81 heavy (non-hydrogen) atoms. The van der Waals surface area contributed by atoms with Crippen molar-refractivity contribution in [2.24, 2.45) is 0 Å². The molecule has 0 atom stereocenters. The Morgan fingerprint density at radius 2 is 0.383 bits per heavy atom. The normalized spacial score (nSPS) is 13.0. The molecule has 0 saturated heterocycles. The number of hydrogen-bond donors (Lipinski definition) is 0. The summed E-state index contributed by atoms with van der Waals surface area (Å²) in [6, 6.07) is 0. The third-order valence-corrected chi connectivity index (χ3v) is 16.2. The lowest BCUT2D eigenvalue weighted by molar-refractivity contribution is -0.163. The van der Waals surface area contributed by atoms with E-state index in [1.54, 1.807) is 0 Å². The first-order chi connectivity index (χ1) is 39.8. The summed E-state index contributed by atoms with van der Waals surface area (Å²) in [7, 11) is -4.93. The molecule has 0 unspecified atom stereocenters. The van der Waals surface area contributed by atoms with Crippen LogP contribution in [0, 0.1) is 0 Å². The topological polar surface area (TPSA) is 105 Å². The summed E-state index contributed by atoms with van der Waals surface area (Å²) >= 11 is 0. The molecule has 0 aromatic heterocycles. The van der Waals surface area contributed by atoms with Crippen LogP contribution in [0.25, 0.3) is 0 Å². The second-order valence-electron chi connectivity index (χ2n) is 22.3. The first kappa shape index (κ1) is 77.0. The van der Waals surface area contributed by atoms with Gasteiger partial charge in [-0.2, -0.15) is 0 Å². The molecule has 0 aromatic rings. The van der Waals surface area contributed by atoms with Crippen LogP contribution >= 0.6 is 0 Å². The van der Waals surface area contributed by atoms with Gasteiger partial charge in [0, 0.05) is 25.7 Å². The number of carbonyl (C=O) groups is 4. The van der Waals surface area contributed by atoms with E-state index < -0.39 is 32.9 Å². The fourth-order valence-electron chi connectivity index (χ4n) is 9.21. The molecule has 0 aliphatic carbocycles. The zero-order valence-corrected chi connectivity index (χ0v) is 53.9. The highest BCUT2D eigenvalue weighted by Crippen LogP contribution is 2.22. The quantitative estimate of drug-likeness (QED) is 0.0337. The molecule has 0 bridgehead atoms. The van der Waals surface area contributed by atoms with Crippen molar-refractivity contribution in [2.75, 3.05) is 0 Å². The van der Waals surface area contributed by atoms with Gasteiger partial charge in [-0.3, -0.25) is 19.2 Å². The number of rotatable bonds is 60. The van der Waals surface area contributed by atoms with Gasteiger partial charge in [-0.25, -0.2) is 0 Å². The molecule has 0 heterocycles. The van der Waals surface area contributed by atoms with Gasteiger partial charge in [0.2, 0.25) is 0 Å². The van der Waals surface area contributed by atoms with Gasteiger partial charge < -0.3 is 17.7 Å². The van der Waals surface area contributed by atoms with Gasteiger partial charge in [0.25, 0.3) is 23.9 Å². The van der Waals surface area contributed by atoms with E-state index in [0.29, 0.717) is 25.7 Å². The van der Waals surface area contributed by atoms with E-state index in [-0.39, 0.29) is 25.7 Å². The standard InChI is InChI=1S/C72H124O8Si/c1-5-9-13-17-21-25-29-33-37-41-45-49-53-57-61-65-69(73)77-81(78-70(74)66-62-58-54-50-46-42-38-34-30-26-22-18-14-10-6-2,79-71(75)67-63-59-55-51-47-43-39-35-31-27-23-19-15-11-7-3)80-72(76)68-64-60-56-52-48-44-40-36-32-28-24-20-16-12-8-4/h21-28,33-40H,5-20,29-32,41-68H2,1-4H3. The van der Waals surface area contributed by atoms with Crippen molar-refractivity contribution < 1.29 is 36.9 Å². The van der Waals surface area contributed by atoms with Gasteiger partial charge in [-0.15, -0.1) is 0 Å². The van der Waals surface area contributed by atoms with E-state index in [0.717, 1.165) is 180 Å². The summed E-state index contributed by atoms with van der Waals surface area (Å²) in [6.07, 6.45) is 82.0. The van der Waals surface area contributed by atoms with Crippen LogP contribution in [0.1, 0.15) is 336 Å². The molecule has 0 aliphatic rings. The molecular formula is C72H124O8Si. The Labute approximate surface area is 500 Å². The Morgan fingerprint density at radius 1 is 0.222 bits per heavy atom. The zero-order valence-electron chi connectivity index (χ0n) is 52.9. The van der Waals surface area contributed by atoms with Crippen LogP contribution in [0.4, 0.5) is 0 Å². The molecule has 0 radical (unpaired) electrons. The van der Waals surface area contributed by atoms with Crippen LogP contribution in [0.15, 0.2) is 97.2 Å². The molecule has 0 spiro atoms. The highest BCUT2D eigenvalue weighted by molar-refractivity contribution is 6.61. The highest BCUT2D eigenvalue weighted by atomic mass is 28.4. The molecule has 0 rings (SSSR count). The fraction of sp³-hybridized carbons (Fsp3) is 0.722. The number of unbranched alkanes of at least 4 members (excludes halogenated alkanes) is 32. The average Bonchev–Trinajstić information content (AvgIpc) is 3.45. The maximum absolute atomic E-state index is 13.7. The minimum atomic E-state index is -4.93. The first-order valence-corrected chi connectivity index (χ1v) is 35.5. The number of carbonyl (C=O) groups excluding carboxylic acids is 4. The van der Waals surface area contributed by atoms with Gasteiger partial charge in [0.15, 0.2) is 0 Å². The van der Waals surface area contributed by atoms with Crippen molar-refractivity contribution in [3.8, 4) is 0 Å². The average molecular weight is 1150 g/mol. The van der Waals surface area contributed by atoms with Crippen molar-refractivity contribution in [3.05, 3.63) is 97.2 Å². The SMILES string of the molecule is CCCCCC=CCC=CCCCCCCCC(=O)O[Si](OC(=O)CCCCCCCC=CCC=CCCCCC)(OC(=O)CCCCCCCC=CCC=CCCCCC)OC(=O)CCCCCCCC=CCC=CCCCCC. The van der Waals surface area contributed by atoms with Crippen molar-refractivity contribution in [2.45, 2.75) is 336 Å². The molecule has 9 heteroatoms. The highest BCUT2D eigenvalue weighted by Gasteiger charge is 2.62. The largest absolute Gasteiger partial charge is 0.974 e. The van der Waals surface area contributed by atoms with Gasteiger partial charge in [0.1, 0.15) is 0 Å². The van der Waals surface area contributed by atoms with E-state index in [4.69, 9.17) is 17.7 Å². The van der Waals surface area contributed by atoms with E-state index in [1.807, 2.05) is 0 Å². The predicted molar refractivity (Wildman–Crippen MR) is 348 cm³/mol. The Hall–Kier alpha value is -3.98. The van der Waals surface area contributed by atoms with Crippen molar-refractivity contribution >= 4 is 32.9 Å².